The molecule has 0 spiro atoms. The molecule has 0 bridgehead atoms. The number of ether oxygens (including phenoxy) is 1. The lowest BCUT2D eigenvalue weighted by Crippen LogP contribution is -1.95. The molecule has 0 fully saturated rings. The first-order valence-electron chi connectivity index (χ1n) is 6.37. The Morgan fingerprint density at radius 2 is 2.06 bits per heavy atom. The van der Waals surface area contributed by atoms with E-state index in [0.717, 1.165) is 34.7 Å². The van der Waals surface area contributed by atoms with E-state index in [1.807, 2.05) is 24.3 Å². The van der Waals surface area contributed by atoms with Gasteiger partial charge in [-0.1, -0.05) is 29.8 Å². The summed E-state index contributed by atoms with van der Waals surface area (Å²) in [5.74, 6) is 0.880. The predicted molar refractivity (Wildman–Crippen MR) is 76.7 cm³/mol. The third-order valence-electron chi connectivity index (χ3n) is 3.40. The molecule has 0 radical (unpaired) electrons. The Bertz CT molecular complexity index is 552. The topological polar surface area (TPSA) is 9.23 Å². The lowest BCUT2D eigenvalue weighted by atomic mass is 9.93. The molecule has 1 aliphatic heterocycles. The van der Waals surface area contributed by atoms with Crippen molar-refractivity contribution < 1.29 is 4.74 Å². The van der Waals surface area contributed by atoms with Crippen molar-refractivity contribution in [1.29, 1.82) is 0 Å². The molecule has 0 N–H and O–H groups in total. The van der Waals surface area contributed by atoms with Crippen LogP contribution in [0.4, 0.5) is 0 Å². The van der Waals surface area contributed by atoms with Gasteiger partial charge in [-0.25, -0.2) is 0 Å². The van der Waals surface area contributed by atoms with Gasteiger partial charge in [0.25, 0.3) is 0 Å². The van der Waals surface area contributed by atoms with Crippen molar-refractivity contribution in [3.63, 3.8) is 0 Å². The van der Waals surface area contributed by atoms with Crippen molar-refractivity contribution in [3.05, 3.63) is 52.8 Å². The maximum atomic E-state index is 6.40. The molecule has 3 rings (SSSR count). The lowest BCUT2D eigenvalue weighted by Gasteiger charge is -2.16. The number of benzene rings is 1. The van der Waals surface area contributed by atoms with E-state index in [0.29, 0.717) is 0 Å². The third-order valence-corrected chi connectivity index (χ3v) is 3.71. The van der Waals surface area contributed by atoms with Crippen molar-refractivity contribution in [2.24, 2.45) is 0 Å². The van der Waals surface area contributed by atoms with Crippen molar-refractivity contribution in [1.82, 2.24) is 0 Å². The van der Waals surface area contributed by atoms with Crippen LogP contribution in [0.1, 0.15) is 36.8 Å². The van der Waals surface area contributed by atoms with Gasteiger partial charge in [0.2, 0.25) is 0 Å². The SMILES string of the molecule is Clc1cc2c(cc1C1=CCCCC1)OC=CC=C2. The third kappa shape index (κ3) is 2.23. The number of fused-ring (bicyclic) bond motifs is 1. The normalized spacial score (nSPS) is 17.7. The summed E-state index contributed by atoms with van der Waals surface area (Å²) in [4.78, 5) is 0. The molecule has 1 aromatic carbocycles. The van der Waals surface area contributed by atoms with Gasteiger partial charge in [-0.3, -0.25) is 0 Å². The Morgan fingerprint density at radius 1 is 1.11 bits per heavy atom. The molecule has 0 unspecified atom stereocenters. The van der Waals surface area contributed by atoms with Gasteiger partial charge in [-0.15, -0.1) is 0 Å². The van der Waals surface area contributed by atoms with Crippen LogP contribution in [0.25, 0.3) is 11.6 Å². The molecule has 1 aliphatic carbocycles. The first-order chi connectivity index (χ1) is 8.84. The van der Waals surface area contributed by atoms with Gasteiger partial charge in [0.1, 0.15) is 5.75 Å². The number of halogens is 1. The highest BCUT2D eigenvalue weighted by Gasteiger charge is 2.14. The summed E-state index contributed by atoms with van der Waals surface area (Å²) in [6, 6.07) is 4.06. The maximum Gasteiger partial charge on any atom is 0.134 e. The van der Waals surface area contributed by atoms with Gasteiger partial charge in [0.05, 0.1) is 6.26 Å². The molecule has 0 amide bonds. The summed E-state index contributed by atoms with van der Waals surface area (Å²) < 4.78 is 5.61. The second kappa shape index (κ2) is 5.03. The number of hydrogen-bond donors (Lipinski definition) is 0. The molecule has 1 heterocycles. The van der Waals surface area contributed by atoms with Gasteiger partial charge in [-0.2, -0.15) is 0 Å². The molecule has 0 aromatic heterocycles. The zero-order chi connectivity index (χ0) is 12.4. The highest BCUT2D eigenvalue weighted by Crippen LogP contribution is 2.36. The molecule has 92 valence electrons. The van der Waals surface area contributed by atoms with E-state index in [1.54, 1.807) is 6.26 Å². The fourth-order valence-electron chi connectivity index (χ4n) is 2.45. The quantitative estimate of drug-likeness (QED) is 0.671. The number of hydrogen-bond acceptors (Lipinski definition) is 1. The number of rotatable bonds is 1. The molecule has 2 aliphatic rings. The van der Waals surface area contributed by atoms with E-state index in [1.165, 1.54) is 18.4 Å². The fraction of sp³-hybridized carbons (Fsp3) is 0.250. The molecule has 1 nitrogen and oxygen atoms in total. The van der Waals surface area contributed by atoms with Crippen LogP contribution >= 0.6 is 11.6 Å². The minimum Gasteiger partial charge on any atom is -0.464 e. The second-order valence-corrected chi connectivity index (χ2v) is 5.06. The summed E-state index contributed by atoms with van der Waals surface area (Å²) in [7, 11) is 0. The van der Waals surface area contributed by atoms with Crippen LogP contribution in [0.15, 0.2) is 36.6 Å². The molecule has 2 heteroatoms. The Kier molecular flexibility index (Phi) is 3.24. The van der Waals surface area contributed by atoms with E-state index >= 15 is 0 Å². The number of allylic oxidation sites excluding steroid dienone is 4. The first kappa shape index (κ1) is 11.6. The van der Waals surface area contributed by atoms with Crippen molar-refractivity contribution in [2.45, 2.75) is 25.7 Å². The maximum absolute atomic E-state index is 6.40. The Hall–Kier alpha value is -1.47. The van der Waals surface area contributed by atoms with Crippen molar-refractivity contribution in [3.8, 4) is 5.75 Å². The van der Waals surface area contributed by atoms with Crippen LogP contribution in [0.5, 0.6) is 5.75 Å². The van der Waals surface area contributed by atoms with E-state index in [9.17, 15) is 0 Å². The van der Waals surface area contributed by atoms with Gasteiger partial charge in [-0.05, 0) is 55.0 Å². The molecule has 1 aromatic rings. The fourth-order valence-corrected chi connectivity index (χ4v) is 2.74. The van der Waals surface area contributed by atoms with E-state index in [-0.39, 0.29) is 0 Å². The molecular formula is C16H15ClO. The summed E-state index contributed by atoms with van der Waals surface area (Å²) in [5.41, 5.74) is 3.51. The van der Waals surface area contributed by atoms with Crippen LogP contribution in [0, 0.1) is 0 Å². The minimum atomic E-state index is 0.817. The second-order valence-electron chi connectivity index (χ2n) is 4.65. The molecule has 18 heavy (non-hydrogen) atoms. The predicted octanol–water partition coefficient (Wildman–Crippen LogP) is 5.22. The molecule has 0 atom stereocenters. The summed E-state index contributed by atoms with van der Waals surface area (Å²) in [5, 5.41) is 0.817. The van der Waals surface area contributed by atoms with Crippen molar-refractivity contribution in [2.75, 3.05) is 0 Å². The standard InChI is InChI=1S/C16H15ClO/c17-15-10-13-8-4-5-9-18-16(13)11-14(15)12-6-2-1-3-7-12/h4-6,8-11H,1-3,7H2. The van der Waals surface area contributed by atoms with Gasteiger partial charge in [0.15, 0.2) is 0 Å². The van der Waals surface area contributed by atoms with Crippen LogP contribution in [0.3, 0.4) is 0 Å². The lowest BCUT2D eigenvalue weighted by molar-refractivity contribution is 0.481. The Morgan fingerprint density at radius 3 is 2.89 bits per heavy atom. The highest BCUT2D eigenvalue weighted by atomic mass is 35.5. The van der Waals surface area contributed by atoms with Gasteiger partial charge < -0.3 is 4.74 Å². The van der Waals surface area contributed by atoms with Gasteiger partial charge in [0, 0.05) is 10.6 Å². The zero-order valence-electron chi connectivity index (χ0n) is 10.2. The Labute approximate surface area is 112 Å². The molecule has 0 saturated carbocycles. The molecular weight excluding hydrogens is 244 g/mol. The van der Waals surface area contributed by atoms with E-state index < -0.39 is 0 Å². The molecule has 0 saturated heterocycles. The largest absolute Gasteiger partial charge is 0.464 e. The Balaban J connectivity index is 2.06. The van der Waals surface area contributed by atoms with Crippen LogP contribution in [0.2, 0.25) is 5.02 Å². The van der Waals surface area contributed by atoms with E-state index in [4.69, 9.17) is 16.3 Å². The van der Waals surface area contributed by atoms with Crippen LogP contribution in [-0.4, -0.2) is 0 Å². The van der Waals surface area contributed by atoms with Crippen LogP contribution < -0.4 is 4.74 Å². The van der Waals surface area contributed by atoms with E-state index in [2.05, 4.69) is 12.1 Å². The summed E-state index contributed by atoms with van der Waals surface area (Å²) in [6.07, 6.45) is 14.7. The first-order valence-corrected chi connectivity index (χ1v) is 6.75. The highest BCUT2D eigenvalue weighted by molar-refractivity contribution is 6.32. The summed E-state index contributed by atoms with van der Waals surface area (Å²) in [6.45, 7) is 0. The summed E-state index contributed by atoms with van der Waals surface area (Å²) >= 11 is 6.40. The zero-order valence-corrected chi connectivity index (χ0v) is 10.9. The minimum absolute atomic E-state index is 0.817. The van der Waals surface area contributed by atoms with Crippen LogP contribution in [-0.2, 0) is 0 Å². The smallest absolute Gasteiger partial charge is 0.134 e. The van der Waals surface area contributed by atoms with Gasteiger partial charge >= 0.3 is 0 Å². The monoisotopic (exact) mass is 258 g/mol. The van der Waals surface area contributed by atoms with Crippen molar-refractivity contribution >= 4 is 23.3 Å². The average molecular weight is 259 g/mol. The average Bonchev–Trinajstić information content (AvgIpc) is 2.63.